The normalized spacial score (nSPS) is 10.9. The quantitative estimate of drug-likeness (QED) is 0.0446. The van der Waals surface area contributed by atoms with Gasteiger partial charge in [-0.15, -0.1) is 0 Å². The predicted octanol–water partition coefficient (Wildman–Crippen LogP) is 3.37. The monoisotopic (exact) mass is 634 g/mol. The van der Waals surface area contributed by atoms with E-state index >= 15 is 0 Å². The summed E-state index contributed by atoms with van der Waals surface area (Å²) in [6.07, 6.45) is 6.21. The van der Waals surface area contributed by atoms with Gasteiger partial charge in [0, 0.05) is 130 Å². The summed E-state index contributed by atoms with van der Waals surface area (Å²) in [5, 5.41) is 0. The van der Waals surface area contributed by atoms with E-state index in [1.807, 2.05) is 13.8 Å². The van der Waals surface area contributed by atoms with E-state index in [1.165, 1.54) is 0 Å². The molecule has 12 heteroatoms. The van der Waals surface area contributed by atoms with Crippen LogP contribution in [0.2, 0.25) is 0 Å². The molecule has 0 aromatic carbocycles. The SMILES string of the molecule is CCOCCCOCCCOCCCOCCCOC(=O)C#CC(=O)OCCCOCCCOCCCOCCCOCC. The second-order valence-electron chi connectivity index (χ2n) is 9.42. The molecule has 0 amide bonds. The molecule has 44 heavy (non-hydrogen) atoms. The Hall–Kier alpha value is -1.82. The van der Waals surface area contributed by atoms with Crippen LogP contribution in [0.4, 0.5) is 0 Å². The minimum atomic E-state index is -0.774. The number of rotatable bonds is 34. The van der Waals surface area contributed by atoms with E-state index < -0.39 is 11.9 Å². The highest BCUT2D eigenvalue weighted by atomic mass is 16.5. The molecule has 0 atom stereocenters. The summed E-state index contributed by atoms with van der Waals surface area (Å²) in [5.74, 6) is 2.71. The molecular formula is C32H58O12. The van der Waals surface area contributed by atoms with Gasteiger partial charge in [-0.1, -0.05) is 0 Å². The second kappa shape index (κ2) is 37.4. The van der Waals surface area contributed by atoms with Crippen molar-refractivity contribution in [2.24, 2.45) is 0 Å². The Bertz CT molecular complexity index is 626. The van der Waals surface area contributed by atoms with Crippen molar-refractivity contribution in [3.8, 4) is 11.8 Å². The molecular weight excluding hydrogens is 576 g/mol. The Kier molecular flexibility index (Phi) is 35.8. The van der Waals surface area contributed by atoms with Gasteiger partial charge in [-0.05, 0) is 52.4 Å². The Morgan fingerprint density at radius 1 is 0.341 bits per heavy atom. The molecule has 0 aromatic heterocycles. The van der Waals surface area contributed by atoms with Gasteiger partial charge >= 0.3 is 11.9 Å². The highest BCUT2D eigenvalue weighted by Crippen LogP contribution is 1.94. The van der Waals surface area contributed by atoms with E-state index in [0.717, 1.165) is 65.0 Å². The highest BCUT2D eigenvalue weighted by molar-refractivity contribution is 5.98. The van der Waals surface area contributed by atoms with Crippen LogP contribution >= 0.6 is 0 Å². The third kappa shape index (κ3) is 36.4. The molecule has 0 fully saturated rings. The molecule has 0 saturated carbocycles. The third-order valence-electron chi connectivity index (χ3n) is 5.47. The molecule has 0 heterocycles. The van der Waals surface area contributed by atoms with Gasteiger partial charge in [0.2, 0.25) is 0 Å². The van der Waals surface area contributed by atoms with Crippen LogP contribution in [0.25, 0.3) is 0 Å². The first-order valence-corrected chi connectivity index (χ1v) is 16.2. The van der Waals surface area contributed by atoms with Crippen LogP contribution < -0.4 is 0 Å². The van der Waals surface area contributed by atoms with Gasteiger partial charge in [-0.25, -0.2) is 9.59 Å². The number of hydrogen-bond acceptors (Lipinski definition) is 12. The van der Waals surface area contributed by atoms with Crippen LogP contribution in [-0.4, -0.2) is 131 Å². The lowest BCUT2D eigenvalue weighted by Crippen LogP contribution is -2.10. The summed E-state index contributed by atoms with van der Waals surface area (Å²) in [7, 11) is 0. The van der Waals surface area contributed by atoms with Crippen molar-refractivity contribution < 1.29 is 57.0 Å². The third-order valence-corrected chi connectivity index (χ3v) is 5.47. The van der Waals surface area contributed by atoms with Gasteiger partial charge in [0.1, 0.15) is 0 Å². The summed E-state index contributed by atoms with van der Waals surface area (Å²) in [4.78, 5) is 23.3. The van der Waals surface area contributed by atoms with E-state index in [1.54, 1.807) is 0 Å². The van der Waals surface area contributed by atoms with Crippen LogP contribution in [0.5, 0.6) is 0 Å². The molecule has 0 rings (SSSR count). The van der Waals surface area contributed by atoms with Crippen molar-refractivity contribution in [1.82, 2.24) is 0 Å². The fourth-order valence-corrected chi connectivity index (χ4v) is 3.31. The standard InChI is InChI=1S/C32H58O12/c1-3-35-15-5-17-37-19-7-21-39-23-9-25-41-27-11-29-43-31(33)13-14-32(34)44-30-12-28-42-26-10-24-40-22-8-20-38-18-6-16-36-4-2/h3-12,15-30H2,1-2H3. The second-order valence-corrected chi connectivity index (χ2v) is 9.42. The Morgan fingerprint density at radius 2 is 0.545 bits per heavy atom. The van der Waals surface area contributed by atoms with E-state index in [9.17, 15) is 9.59 Å². The summed E-state index contributed by atoms with van der Waals surface area (Å²) < 4.78 is 53.5. The molecule has 0 aliphatic rings. The maximum Gasteiger partial charge on any atom is 0.384 e. The summed E-state index contributed by atoms with van der Waals surface area (Å²) in [6.45, 7) is 14.7. The molecule has 0 radical (unpaired) electrons. The summed E-state index contributed by atoms with van der Waals surface area (Å²) in [6, 6.07) is 0. The van der Waals surface area contributed by atoms with Crippen LogP contribution in [0, 0.1) is 11.8 Å². The predicted molar refractivity (Wildman–Crippen MR) is 165 cm³/mol. The van der Waals surface area contributed by atoms with Crippen LogP contribution in [0.15, 0.2) is 0 Å². The lowest BCUT2D eigenvalue weighted by Gasteiger charge is -2.07. The Morgan fingerprint density at radius 3 is 0.773 bits per heavy atom. The zero-order chi connectivity index (χ0) is 32.0. The molecule has 0 saturated heterocycles. The van der Waals surface area contributed by atoms with Crippen LogP contribution in [0.3, 0.4) is 0 Å². The minimum Gasteiger partial charge on any atom is -0.456 e. The molecule has 12 nitrogen and oxygen atoms in total. The average Bonchev–Trinajstić information content (AvgIpc) is 3.03. The molecule has 0 N–H and O–H groups in total. The molecule has 0 spiro atoms. The van der Waals surface area contributed by atoms with Crippen molar-refractivity contribution >= 4 is 11.9 Å². The smallest absolute Gasteiger partial charge is 0.384 e. The maximum absolute atomic E-state index is 11.6. The summed E-state index contributed by atoms with van der Waals surface area (Å²) in [5.41, 5.74) is 0. The van der Waals surface area contributed by atoms with E-state index in [4.69, 9.17) is 47.4 Å². The lowest BCUT2D eigenvalue weighted by atomic mass is 10.4. The first-order valence-electron chi connectivity index (χ1n) is 16.2. The van der Waals surface area contributed by atoms with Crippen LogP contribution in [0.1, 0.15) is 65.2 Å². The molecule has 0 aliphatic heterocycles. The first kappa shape index (κ1) is 42.2. The van der Waals surface area contributed by atoms with Crippen LogP contribution in [-0.2, 0) is 57.0 Å². The Balaban J connectivity index is 3.35. The van der Waals surface area contributed by atoms with E-state index in [-0.39, 0.29) is 13.2 Å². The van der Waals surface area contributed by atoms with Crippen molar-refractivity contribution in [3.63, 3.8) is 0 Å². The zero-order valence-corrected chi connectivity index (χ0v) is 27.3. The minimum absolute atomic E-state index is 0.163. The van der Waals surface area contributed by atoms with Gasteiger partial charge < -0.3 is 47.4 Å². The first-order chi connectivity index (χ1) is 21.7. The van der Waals surface area contributed by atoms with Gasteiger partial charge in [0.15, 0.2) is 0 Å². The van der Waals surface area contributed by atoms with Crippen molar-refractivity contribution in [2.75, 3.05) is 119 Å². The molecule has 0 unspecified atom stereocenters. The van der Waals surface area contributed by atoms with Gasteiger partial charge in [-0.3, -0.25) is 0 Å². The van der Waals surface area contributed by atoms with E-state index in [2.05, 4.69) is 11.8 Å². The number of ether oxygens (including phenoxy) is 10. The highest BCUT2D eigenvalue weighted by Gasteiger charge is 2.01. The number of carbonyl (C=O) groups excluding carboxylic acids is 2. The van der Waals surface area contributed by atoms with Crippen molar-refractivity contribution in [1.29, 1.82) is 0 Å². The number of hydrogen-bond donors (Lipinski definition) is 0. The van der Waals surface area contributed by atoms with Gasteiger partial charge in [0.05, 0.1) is 13.2 Å². The molecule has 258 valence electrons. The van der Waals surface area contributed by atoms with Crippen molar-refractivity contribution in [3.05, 3.63) is 0 Å². The topological polar surface area (TPSA) is 126 Å². The molecule has 0 aliphatic carbocycles. The molecule has 0 aromatic rings. The summed E-state index contributed by atoms with van der Waals surface area (Å²) >= 11 is 0. The fourth-order valence-electron chi connectivity index (χ4n) is 3.31. The van der Waals surface area contributed by atoms with E-state index in [0.29, 0.717) is 92.1 Å². The lowest BCUT2D eigenvalue weighted by molar-refractivity contribution is -0.139. The van der Waals surface area contributed by atoms with Gasteiger partial charge in [-0.2, -0.15) is 0 Å². The fraction of sp³-hybridized carbons (Fsp3) is 0.875. The maximum atomic E-state index is 11.6. The average molecular weight is 635 g/mol. The largest absolute Gasteiger partial charge is 0.456 e. The Labute approximate surface area is 265 Å². The van der Waals surface area contributed by atoms with Gasteiger partial charge in [0.25, 0.3) is 0 Å². The number of esters is 2. The van der Waals surface area contributed by atoms with Crippen molar-refractivity contribution in [2.45, 2.75) is 65.2 Å². The molecule has 0 bridgehead atoms. The number of carbonyl (C=O) groups is 2. The zero-order valence-electron chi connectivity index (χ0n) is 27.3.